The quantitative estimate of drug-likeness (QED) is 0.740. The third kappa shape index (κ3) is 5.05. The lowest BCUT2D eigenvalue weighted by Gasteiger charge is -2.22. The largest absolute Gasteiger partial charge is 0.392 e. The van der Waals surface area contributed by atoms with Crippen molar-refractivity contribution in [2.24, 2.45) is 5.92 Å². The zero-order chi connectivity index (χ0) is 18.4. The maximum Gasteiger partial charge on any atom is 0.253 e. The Balaban J connectivity index is 2.13. The molecule has 6 heteroatoms. The lowest BCUT2D eigenvalue weighted by Crippen LogP contribution is -2.47. The molecule has 0 aliphatic heterocycles. The Morgan fingerprint density at radius 3 is 2.48 bits per heavy atom. The van der Waals surface area contributed by atoms with Crippen LogP contribution >= 0.6 is 11.6 Å². The zero-order valence-corrected chi connectivity index (χ0v) is 14.9. The fourth-order valence-electron chi connectivity index (χ4n) is 2.37. The first-order valence-corrected chi connectivity index (χ1v) is 8.36. The summed E-state index contributed by atoms with van der Waals surface area (Å²) in [5.74, 6) is -0.846. The van der Waals surface area contributed by atoms with Crippen molar-refractivity contribution in [2.45, 2.75) is 26.5 Å². The third-order valence-electron chi connectivity index (χ3n) is 3.73. The van der Waals surface area contributed by atoms with Gasteiger partial charge in [0.1, 0.15) is 6.04 Å². The average molecular weight is 361 g/mol. The third-order valence-corrected chi connectivity index (χ3v) is 4.06. The first kappa shape index (κ1) is 19.0. The van der Waals surface area contributed by atoms with E-state index in [0.29, 0.717) is 21.8 Å². The predicted octanol–water partition coefficient (Wildman–Crippen LogP) is 3.23. The number of rotatable bonds is 6. The smallest absolute Gasteiger partial charge is 0.253 e. The first-order chi connectivity index (χ1) is 11.9. The molecule has 2 aromatic carbocycles. The van der Waals surface area contributed by atoms with Crippen LogP contribution < -0.4 is 10.6 Å². The van der Waals surface area contributed by atoms with Crippen LogP contribution in [0, 0.1) is 5.92 Å². The Bertz CT molecular complexity index is 762. The second kappa shape index (κ2) is 8.65. The molecule has 25 heavy (non-hydrogen) atoms. The normalized spacial score (nSPS) is 11.9. The summed E-state index contributed by atoms with van der Waals surface area (Å²) in [7, 11) is 0. The number of hydrogen-bond acceptors (Lipinski definition) is 3. The molecular weight excluding hydrogens is 340 g/mol. The van der Waals surface area contributed by atoms with E-state index in [2.05, 4.69) is 10.6 Å². The van der Waals surface area contributed by atoms with E-state index < -0.39 is 11.9 Å². The monoisotopic (exact) mass is 360 g/mol. The molecule has 1 atom stereocenters. The van der Waals surface area contributed by atoms with Gasteiger partial charge in [-0.05, 0) is 35.7 Å². The maximum atomic E-state index is 12.6. The van der Waals surface area contributed by atoms with E-state index in [0.717, 1.165) is 0 Å². The summed E-state index contributed by atoms with van der Waals surface area (Å²) >= 11 is 6.04. The maximum absolute atomic E-state index is 12.6. The van der Waals surface area contributed by atoms with Gasteiger partial charge in [0.2, 0.25) is 5.91 Å². The number of aliphatic hydroxyl groups excluding tert-OH is 1. The van der Waals surface area contributed by atoms with E-state index in [1.807, 2.05) is 13.8 Å². The highest BCUT2D eigenvalue weighted by molar-refractivity contribution is 6.33. The number of aliphatic hydroxyl groups is 1. The lowest BCUT2D eigenvalue weighted by atomic mass is 10.0. The van der Waals surface area contributed by atoms with Crippen molar-refractivity contribution in [3.8, 4) is 0 Å². The van der Waals surface area contributed by atoms with Gasteiger partial charge in [-0.25, -0.2) is 0 Å². The van der Waals surface area contributed by atoms with E-state index >= 15 is 0 Å². The van der Waals surface area contributed by atoms with Gasteiger partial charge >= 0.3 is 0 Å². The fraction of sp³-hybridized carbons (Fsp3) is 0.263. The predicted molar refractivity (Wildman–Crippen MR) is 98.5 cm³/mol. The van der Waals surface area contributed by atoms with Crippen molar-refractivity contribution in [1.82, 2.24) is 5.32 Å². The number of nitrogens with one attached hydrogen (secondary N) is 2. The van der Waals surface area contributed by atoms with Crippen LogP contribution in [-0.2, 0) is 11.4 Å². The van der Waals surface area contributed by atoms with E-state index in [1.54, 1.807) is 48.5 Å². The van der Waals surface area contributed by atoms with E-state index in [9.17, 15) is 14.7 Å². The molecule has 0 aliphatic carbocycles. The lowest BCUT2D eigenvalue weighted by molar-refractivity contribution is -0.118. The van der Waals surface area contributed by atoms with Gasteiger partial charge < -0.3 is 15.7 Å². The molecule has 0 saturated heterocycles. The Kier molecular flexibility index (Phi) is 6.56. The van der Waals surface area contributed by atoms with Crippen molar-refractivity contribution in [3.63, 3.8) is 0 Å². The van der Waals surface area contributed by atoms with Crippen LogP contribution in [0.15, 0.2) is 48.5 Å². The number of anilines is 1. The molecule has 0 radical (unpaired) electrons. The second-order valence-electron chi connectivity index (χ2n) is 6.02. The Labute approximate surface area is 152 Å². The SMILES string of the molecule is CC(C)C(NC(=O)c1ccccc1Cl)C(=O)Nc1cccc(CO)c1. The summed E-state index contributed by atoms with van der Waals surface area (Å²) in [6, 6.07) is 12.9. The molecule has 0 heterocycles. The Morgan fingerprint density at radius 1 is 1.12 bits per heavy atom. The van der Waals surface area contributed by atoms with E-state index in [1.165, 1.54) is 0 Å². The molecule has 2 aromatic rings. The van der Waals surface area contributed by atoms with Crippen LogP contribution in [0.3, 0.4) is 0 Å². The molecule has 1 unspecified atom stereocenters. The summed E-state index contributed by atoms with van der Waals surface area (Å²) in [4.78, 5) is 25.0. The van der Waals surface area contributed by atoms with Gasteiger partial charge in [-0.2, -0.15) is 0 Å². The summed E-state index contributed by atoms with van der Waals surface area (Å²) in [5.41, 5.74) is 1.58. The fourth-order valence-corrected chi connectivity index (χ4v) is 2.59. The molecule has 5 nitrogen and oxygen atoms in total. The number of amides is 2. The highest BCUT2D eigenvalue weighted by Gasteiger charge is 2.25. The number of carbonyl (C=O) groups excluding carboxylic acids is 2. The van der Waals surface area contributed by atoms with Crippen molar-refractivity contribution in [1.29, 1.82) is 0 Å². The summed E-state index contributed by atoms with van der Waals surface area (Å²) in [6.45, 7) is 3.59. The molecule has 0 spiro atoms. The number of benzene rings is 2. The minimum absolute atomic E-state index is 0.111. The van der Waals surface area contributed by atoms with Crippen molar-refractivity contribution in [2.75, 3.05) is 5.32 Å². The number of hydrogen-bond donors (Lipinski definition) is 3. The zero-order valence-electron chi connectivity index (χ0n) is 14.1. The number of carbonyl (C=O) groups is 2. The summed E-state index contributed by atoms with van der Waals surface area (Å²) in [6.07, 6.45) is 0. The van der Waals surface area contributed by atoms with Crippen molar-refractivity contribution in [3.05, 3.63) is 64.7 Å². The van der Waals surface area contributed by atoms with E-state index in [4.69, 9.17) is 11.6 Å². The molecule has 0 aromatic heterocycles. The van der Waals surface area contributed by atoms with Crippen LogP contribution in [0.5, 0.6) is 0 Å². The summed E-state index contributed by atoms with van der Waals surface area (Å²) in [5, 5.41) is 15.0. The van der Waals surface area contributed by atoms with Gasteiger partial charge in [0.25, 0.3) is 5.91 Å². The molecule has 3 N–H and O–H groups in total. The van der Waals surface area contributed by atoms with Crippen LogP contribution in [0.25, 0.3) is 0 Å². The standard InChI is InChI=1S/C19H21ClN2O3/c1-12(2)17(22-18(24)15-8-3-4-9-16(15)20)19(25)21-14-7-5-6-13(10-14)11-23/h3-10,12,17,23H,11H2,1-2H3,(H,21,25)(H,22,24). The number of halogens is 1. The molecule has 2 amide bonds. The van der Waals surface area contributed by atoms with Crippen LogP contribution in [0.1, 0.15) is 29.8 Å². The van der Waals surface area contributed by atoms with Gasteiger partial charge in [-0.3, -0.25) is 9.59 Å². The minimum Gasteiger partial charge on any atom is -0.392 e. The van der Waals surface area contributed by atoms with E-state index in [-0.39, 0.29) is 18.4 Å². The molecule has 0 saturated carbocycles. The first-order valence-electron chi connectivity index (χ1n) is 7.98. The van der Waals surface area contributed by atoms with Gasteiger partial charge in [0.15, 0.2) is 0 Å². The topological polar surface area (TPSA) is 78.4 Å². The Morgan fingerprint density at radius 2 is 1.84 bits per heavy atom. The Hall–Kier alpha value is -2.37. The van der Waals surface area contributed by atoms with Gasteiger partial charge in [-0.15, -0.1) is 0 Å². The highest BCUT2D eigenvalue weighted by Crippen LogP contribution is 2.16. The average Bonchev–Trinajstić information content (AvgIpc) is 2.59. The minimum atomic E-state index is -0.721. The van der Waals surface area contributed by atoms with Gasteiger partial charge in [-0.1, -0.05) is 49.7 Å². The summed E-state index contributed by atoms with van der Waals surface area (Å²) < 4.78 is 0. The molecule has 0 fully saturated rings. The molecule has 0 bridgehead atoms. The highest BCUT2D eigenvalue weighted by atomic mass is 35.5. The second-order valence-corrected chi connectivity index (χ2v) is 6.43. The van der Waals surface area contributed by atoms with Crippen molar-refractivity contribution >= 4 is 29.1 Å². The van der Waals surface area contributed by atoms with Crippen molar-refractivity contribution < 1.29 is 14.7 Å². The van der Waals surface area contributed by atoms with Crippen LogP contribution in [-0.4, -0.2) is 23.0 Å². The molecular formula is C19H21ClN2O3. The van der Waals surface area contributed by atoms with Gasteiger partial charge in [0.05, 0.1) is 17.2 Å². The molecule has 2 rings (SSSR count). The molecule has 0 aliphatic rings. The molecule has 132 valence electrons. The van der Waals surface area contributed by atoms with Crippen LogP contribution in [0.2, 0.25) is 5.02 Å². The van der Waals surface area contributed by atoms with Gasteiger partial charge in [0, 0.05) is 5.69 Å². The van der Waals surface area contributed by atoms with Crippen LogP contribution in [0.4, 0.5) is 5.69 Å².